The summed E-state index contributed by atoms with van der Waals surface area (Å²) in [6, 6.07) is 13.9. The number of likely N-dealkylation sites (N-methyl/N-ethyl adjacent to an activating group) is 1. The van der Waals surface area contributed by atoms with Gasteiger partial charge in [0.25, 0.3) is 0 Å². The zero-order valence-corrected chi connectivity index (χ0v) is 15.5. The highest BCUT2D eigenvalue weighted by molar-refractivity contribution is 6.30. The smallest absolute Gasteiger partial charge is 0.223 e. The molecule has 1 amide bonds. The van der Waals surface area contributed by atoms with Crippen LogP contribution in [0, 0.1) is 5.82 Å². The normalized spacial score (nSPS) is 10.9. The number of carbonyl (C=O) groups excluding carboxylic acids is 1. The van der Waals surface area contributed by atoms with Gasteiger partial charge in [-0.3, -0.25) is 4.79 Å². The topological polar surface area (TPSA) is 23.6 Å². The molecule has 0 saturated carbocycles. The fourth-order valence-electron chi connectivity index (χ4n) is 2.48. The maximum atomic E-state index is 13.0. The molecule has 0 aliphatic heterocycles. The van der Waals surface area contributed by atoms with E-state index in [4.69, 9.17) is 11.6 Å². The first kappa shape index (κ1) is 19.4. The highest BCUT2D eigenvalue weighted by Gasteiger charge is 2.14. The van der Waals surface area contributed by atoms with Gasteiger partial charge in [-0.05, 0) is 55.9 Å². The summed E-state index contributed by atoms with van der Waals surface area (Å²) in [4.78, 5) is 16.6. The SMILES string of the molecule is CN(C)CCN(Cc1ccc(Cl)cc1)C(=O)CCc1ccc(F)cc1. The monoisotopic (exact) mass is 362 g/mol. The van der Waals surface area contributed by atoms with Crippen molar-refractivity contribution in [1.29, 1.82) is 0 Å². The fraction of sp³-hybridized carbons (Fsp3) is 0.350. The summed E-state index contributed by atoms with van der Waals surface area (Å²) in [5, 5.41) is 0.686. The van der Waals surface area contributed by atoms with E-state index in [0.29, 0.717) is 31.0 Å². The lowest BCUT2D eigenvalue weighted by Gasteiger charge is -2.25. The Bertz CT molecular complexity index is 671. The lowest BCUT2D eigenvalue weighted by atomic mass is 10.1. The van der Waals surface area contributed by atoms with E-state index in [1.54, 1.807) is 12.1 Å². The van der Waals surface area contributed by atoms with E-state index in [1.807, 2.05) is 43.3 Å². The minimum atomic E-state index is -0.259. The van der Waals surface area contributed by atoms with Crippen molar-refractivity contribution in [1.82, 2.24) is 9.80 Å². The van der Waals surface area contributed by atoms with Gasteiger partial charge >= 0.3 is 0 Å². The van der Waals surface area contributed by atoms with Gasteiger partial charge in [0.2, 0.25) is 5.91 Å². The number of hydrogen-bond acceptors (Lipinski definition) is 2. The number of hydrogen-bond donors (Lipinski definition) is 0. The van der Waals surface area contributed by atoms with Gasteiger partial charge in [0, 0.05) is 31.1 Å². The maximum absolute atomic E-state index is 13.0. The maximum Gasteiger partial charge on any atom is 0.223 e. The van der Waals surface area contributed by atoms with Crippen LogP contribution in [-0.4, -0.2) is 42.9 Å². The molecule has 0 bridgehead atoms. The van der Waals surface area contributed by atoms with Crippen LogP contribution in [0.25, 0.3) is 0 Å². The number of amides is 1. The standard InChI is InChI=1S/C20H24ClFN2O/c1-23(2)13-14-24(15-17-3-8-18(21)9-4-17)20(25)12-7-16-5-10-19(22)11-6-16/h3-6,8-11H,7,12-15H2,1-2H3. The lowest BCUT2D eigenvalue weighted by Crippen LogP contribution is -2.36. The average Bonchev–Trinajstić information content (AvgIpc) is 2.59. The fourth-order valence-corrected chi connectivity index (χ4v) is 2.61. The molecule has 5 heteroatoms. The molecule has 0 atom stereocenters. The predicted molar refractivity (Wildman–Crippen MR) is 100 cm³/mol. The van der Waals surface area contributed by atoms with E-state index < -0.39 is 0 Å². The van der Waals surface area contributed by atoms with Crippen LogP contribution in [-0.2, 0) is 17.8 Å². The van der Waals surface area contributed by atoms with Gasteiger partial charge in [0.1, 0.15) is 5.82 Å². The molecule has 0 unspecified atom stereocenters. The van der Waals surface area contributed by atoms with Crippen LogP contribution < -0.4 is 0 Å². The Morgan fingerprint density at radius 2 is 1.56 bits per heavy atom. The number of halogens is 2. The molecule has 0 heterocycles. The molecule has 0 spiro atoms. The van der Waals surface area contributed by atoms with Crippen molar-refractivity contribution in [2.75, 3.05) is 27.2 Å². The second-order valence-electron chi connectivity index (χ2n) is 6.37. The van der Waals surface area contributed by atoms with Crippen molar-refractivity contribution in [2.45, 2.75) is 19.4 Å². The molecule has 2 rings (SSSR count). The van der Waals surface area contributed by atoms with Gasteiger partial charge in [-0.1, -0.05) is 35.9 Å². The Kier molecular flexibility index (Phi) is 7.41. The first-order chi connectivity index (χ1) is 11.9. The van der Waals surface area contributed by atoms with E-state index in [2.05, 4.69) is 4.90 Å². The lowest BCUT2D eigenvalue weighted by molar-refractivity contribution is -0.131. The minimum Gasteiger partial charge on any atom is -0.337 e. The second kappa shape index (κ2) is 9.54. The number of nitrogens with zero attached hydrogens (tertiary/aromatic N) is 2. The average molecular weight is 363 g/mol. The first-order valence-electron chi connectivity index (χ1n) is 8.35. The largest absolute Gasteiger partial charge is 0.337 e. The molecular formula is C20H24ClFN2O. The Hall–Kier alpha value is -1.91. The third-order valence-corrected chi connectivity index (χ3v) is 4.25. The second-order valence-corrected chi connectivity index (χ2v) is 6.81. The third kappa shape index (κ3) is 6.85. The summed E-state index contributed by atoms with van der Waals surface area (Å²) >= 11 is 5.93. The Morgan fingerprint density at radius 1 is 0.960 bits per heavy atom. The summed E-state index contributed by atoms with van der Waals surface area (Å²) in [5.74, 6) is -0.161. The Morgan fingerprint density at radius 3 is 2.16 bits per heavy atom. The molecule has 0 aliphatic carbocycles. The molecule has 0 fully saturated rings. The molecule has 2 aromatic carbocycles. The summed E-state index contributed by atoms with van der Waals surface area (Å²) in [5.41, 5.74) is 2.02. The highest BCUT2D eigenvalue weighted by atomic mass is 35.5. The van der Waals surface area contributed by atoms with E-state index in [-0.39, 0.29) is 11.7 Å². The van der Waals surface area contributed by atoms with Crippen molar-refractivity contribution in [3.63, 3.8) is 0 Å². The zero-order chi connectivity index (χ0) is 18.2. The first-order valence-corrected chi connectivity index (χ1v) is 8.73. The van der Waals surface area contributed by atoms with Gasteiger partial charge < -0.3 is 9.80 Å². The number of aryl methyl sites for hydroxylation is 1. The molecule has 2 aromatic rings. The summed E-state index contributed by atoms with van der Waals surface area (Å²) in [7, 11) is 3.98. The highest BCUT2D eigenvalue weighted by Crippen LogP contribution is 2.13. The van der Waals surface area contributed by atoms with Crippen LogP contribution in [0.2, 0.25) is 5.02 Å². The summed E-state index contributed by atoms with van der Waals surface area (Å²) in [6.45, 7) is 2.03. The molecule has 0 N–H and O–H groups in total. The van der Waals surface area contributed by atoms with Crippen LogP contribution in [0.5, 0.6) is 0 Å². The number of carbonyl (C=O) groups is 1. The quantitative estimate of drug-likeness (QED) is 0.708. The van der Waals surface area contributed by atoms with E-state index in [9.17, 15) is 9.18 Å². The van der Waals surface area contributed by atoms with Crippen molar-refractivity contribution in [3.8, 4) is 0 Å². The Labute approximate surface area is 154 Å². The van der Waals surface area contributed by atoms with E-state index >= 15 is 0 Å². The minimum absolute atomic E-state index is 0.0983. The van der Waals surface area contributed by atoms with Gasteiger partial charge in [-0.15, -0.1) is 0 Å². The van der Waals surface area contributed by atoms with Crippen molar-refractivity contribution in [2.24, 2.45) is 0 Å². The number of rotatable bonds is 8. The van der Waals surface area contributed by atoms with Crippen molar-refractivity contribution < 1.29 is 9.18 Å². The van der Waals surface area contributed by atoms with E-state index in [0.717, 1.165) is 17.7 Å². The number of benzene rings is 2. The van der Waals surface area contributed by atoms with Crippen LogP contribution in [0.1, 0.15) is 17.5 Å². The van der Waals surface area contributed by atoms with Crippen LogP contribution in [0.3, 0.4) is 0 Å². The predicted octanol–water partition coefficient (Wildman–Crippen LogP) is 4.00. The summed E-state index contributed by atoms with van der Waals surface area (Å²) in [6.07, 6.45) is 1.02. The third-order valence-electron chi connectivity index (χ3n) is 4.00. The van der Waals surface area contributed by atoms with Crippen LogP contribution >= 0.6 is 11.6 Å². The van der Waals surface area contributed by atoms with Crippen LogP contribution in [0.4, 0.5) is 4.39 Å². The van der Waals surface area contributed by atoms with Gasteiger partial charge in [0.15, 0.2) is 0 Å². The zero-order valence-electron chi connectivity index (χ0n) is 14.7. The van der Waals surface area contributed by atoms with Crippen molar-refractivity contribution >= 4 is 17.5 Å². The van der Waals surface area contributed by atoms with E-state index in [1.165, 1.54) is 12.1 Å². The molecule has 0 radical (unpaired) electrons. The molecule has 0 aromatic heterocycles. The molecular weight excluding hydrogens is 339 g/mol. The van der Waals surface area contributed by atoms with Gasteiger partial charge in [-0.2, -0.15) is 0 Å². The molecule has 25 heavy (non-hydrogen) atoms. The molecule has 0 saturated heterocycles. The molecule has 134 valence electrons. The Balaban J connectivity index is 1.98. The van der Waals surface area contributed by atoms with Gasteiger partial charge in [-0.25, -0.2) is 4.39 Å². The molecule has 3 nitrogen and oxygen atoms in total. The summed E-state index contributed by atoms with van der Waals surface area (Å²) < 4.78 is 13.0. The van der Waals surface area contributed by atoms with Crippen LogP contribution in [0.15, 0.2) is 48.5 Å². The van der Waals surface area contributed by atoms with Crippen molar-refractivity contribution in [3.05, 3.63) is 70.5 Å². The van der Waals surface area contributed by atoms with Gasteiger partial charge in [0.05, 0.1) is 0 Å². The molecule has 0 aliphatic rings.